The monoisotopic (exact) mass is 556 g/mol. The Kier molecular flexibility index (Phi) is 6.09. The summed E-state index contributed by atoms with van der Waals surface area (Å²) in [5.41, 5.74) is 0.158. The number of nitrogens with zero attached hydrogens (tertiary/aromatic N) is 2. The van der Waals surface area contributed by atoms with E-state index in [0.29, 0.717) is 12.1 Å². The molecule has 2 aromatic rings. The van der Waals surface area contributed by atoms with E-state index in [1.807, 2.05) is 0 Å². The number of carbonyl (C=O) groups is 1. The Balaban J connectivity index is 1.62. The van der Waals surface area contributed by atoms with Crippen LogP contribution < -0.4 is 10.6 Å². The van der Waals surface area contributed by atoms with E-state index < -0.39 is 58.2 Å². The highest BCUT2D eigenvalue weighted by Gasteiger charge is 2.65. The number of nitrogens with one attached hydrogen (secondary N) is 2. The second-order valence-electron chi connectivity index (χ2n) is 8.97. The first kappa shape index (κ1) is 26.8. The van der Waals surface area contributed by atoms with Gasteiger partial charge in [-0.1, -0.05) is 31.6 Å². The molecule has 2 heterocycles. The molecule has 0 unspecified atom stereocenters. The lowest BCUT2D eigenvalue weighted by molar-refractivity contribution is -0.128. The van der Waals surface area contributed by atoms with Gasteiger partial charge in [0.15, 0.2) is 0 Å². The number of aromatic nitrogens is 2. The van der Waals surface area contributed by atoms with E-state index >= 15 is 0 Å². The molecular weight excluding hydrogens is 533 g/mol. The molecule has 1 aromatic heterocycles. The summed E-state index contributed by atoms with van der Waals surface area (Å²) in [6.45, 7) is 2.93. The van der Waals surface area contributed by atoms with Crippen molar-refractivity contribution >= 4 is 21.9 Å². The van der Waals surface area contributed by atoms with Gasteiger partial charge in [-0.2, -0.15) is 0 Å². The van der Waals surface area contributed by atoms with Gasteiger partial charge < -0.3 is 20.1 Å². The van der Waals surface area contributed by atoms with E-state index in [1.165, 1.54) is 32.4 Å². The number of hydrogen-bond donors (Lipinski definition) is 2. The Morgan fingerprint density at radius 3 is 2.38 bits per heavy atom. The molecule has 0 radical (unpaired) electrons. The maximum absolute atomic E-state index is 13.3. The molecular formula is C22H23F7N4O3S. The molecule has 7 nitrogen and oxygen atoms in total. The van der Waals surface area contributed by atoms with Crippen LogP contribution in [-0.4, -0.2) is 27.8 Å². The first-order chi connectivity index (χ1) is 16.9. The largest absolute Gasteiger partial charge is 0.455 e. The Morgan fingerprint density at radius 2 is 1.78 bits per heavy atom. The summed E-state index contributed by atoms with van der Waals surface area (Å²) in [4.78, 5) is 19.0. The van der Waals surface area contributed by atoms with Crippen LogP contribution in [0, 0.1) is 6.92 Å². The highest BCUT2D eigenvalue weighted by Crippen LogP contribution is 3.02. The van der Waals surface area contributed by atoms with Crippen molar-refractivity contribution in [3.63, 3.8) is 0 Å². The number of carbonyl (C=O) groups excluding carboxylic acids is 1. The lowest BCUT2D eigenvalue weighted by atomic mass is 9.88. The zero-order valence-corrected chi connectivity index (χ0v) is 20.3. The van der Waals surface area contributed by atoms with Crippen molar-refractivity contribution < 1.29 is 42.5 Å². The summed E-state index contributed by atoms with van der Waals surface area (Å²) in [6.07, 6.45) is 0.00607. The quantitative estimate of drug-likeness (QED) is 0.357. The van der Waals surface area contributed by atoms with Crippen LogP contribution in [0.25, 0.3) is 0 Å². The molecule has 1 saturated carbocycles. The highest BCUT2D eigenvalue weighted by molar-refractivity contribution is 8.45. The molecule has 1 aliphatic carbocycles. The average Bonchev–Trinajstić information content (AvgIpc) is 3.25. The van der Waals surface area contributed by atoms with Crippen LogP contribution in [-0.2, 0) is 20.7 Å². The Morgan fingerprint density at radius 1 is 1.14 bits per heavy atom. The summed E-state index contributed by atoms with van der Waals surface area (Å²) in [5, 5.41) is 5.37. The van der Waals surface area contributed by atoms with E-state index in [2.05, 4.69) is 20.6 Å². The van der Waals surface area contributed by atoms with Crippen molar-refractivity contribution in [1.82, 2.24) is 15.3 Å². The van der Waals surface area contributed by atoms with Crippen molar-refractivity contribution in [3.8, 4) is 0 Å². The fourth-order valence-corrected chi connectivity index (χ4v) is 4.71. The Bertz CT molecular complexity index is 1240. The zero-order valence-electron chi connectivity index (χ0n) is 19.5. The third-order valence-electron chi connectivity index (χ3n) is 5.77. The van der Waals surface area contributed by atoms with Crippen LogP contribution in [0.4, 0.5) is 34.0 Å². The lowest BCUT2D eigenvalue weighted by Crippen LogP contribution is -2.50. The SMILES string of the molecule is Cc1nc(CC(=O)NC2CC(F)(F)C2)c(C2OC=CO2)c(N[C@H](C)c2cccc(S(F)(F)(F)(F)F)c2)n1. The van der Waals surface area contributed by atoms with Gasteiger partial charge in [-0.25, -0.2) is 18.7 Å². The Hall–Kier alpha value is -3.23. The minimum atomic E-state index is -9.90. The molecule has 1 amide bonds. The van der Waals surface area contributed by atoms with Gasteiger partial charge in [-0.15, -0.1) is 0 Å². The molecule has 0 bridgehead atoms. The van der Waals surface area contributed by atoms with Crippen LogP contribution in [0.3, 0.4) is 0 Å². The number of hydrogen-bond acceptors (Lipinski definition) is 6. The van der Waals surface area contributed by atoms with Gasteiger partial charge in [-0.3, -0.25) is 4.79 Å². The van der Waals surface area contributed by atoms with Crippen LogP contribution in [0.2, 0.25) is 0 Å². The van der Waals surface area contributed by atoms with Crippen LogP contribution >= 0.6 is 10.2 Å². The number of alkyl halides is 2. The minimum Gasteiger partial charge on any atom is -0.455 e. The molecule has 1 aromatic carbocycles. The average molecular weight is 557 g/mol. The summed E-state index contributed by atoms with van der Waals surface area (Å²) >= 11 is 0. The highest BCUT2D eigenvalue weighted by atomic mass is 32.5. The minimum absolute atomic E-state index is 0.0319. The fraction of sp³-hybridized carbons (Fsp3) is 0.409. The second-order valence-corrected chi connectivity index (χ2v) is 11.4. The zero-order chi connectivity index (χ0) is 27.3. The number of benzene rings is 1. The van der Waals surface area contributed by atoms with Crippen LogP contribution in [0.5, 0.6) is 0 Å². The van der Waals surface area contributed by atoms with Gasteiger partial charge in [0.25, 0.3) is 12.2 Å². The molecule has 2 N–H and O–H groups in total. The third-order valence-corrected chi connectivity index (χ3v) is 6.92. The van der Waals surface area contributed by atoms with Crippen LogP contribution in [0.15, 0.2) is 41.7 Å². The summed E-state index contributed by atoms with van der Waals surface area (Å²) in [6, 6.07) is 1.14. The fourth-order valence-electron chi connectivity index (χ4n) is 4.01. The number of anilines is 1. The second kappa shape index (κ2) is 8.39. The third kappa shape index (κ3) is 6.37. The van der Waals surface area contributed by atoms with Crippen molar-refractivity contribution in [2.75, 3.05) is 5.32 Å². The van der Waals surface area contributed by atoms with Crippen molar-refractivity contribution in [2.45, 2.75) is 62.3 Å². The topological polar surface area (TPSA) is 85.4 Å². The number of aryl methyl sites for hydroxylation is 1. The van der Waals surface area contributed by atoms with Gasteiger partial charge in [0.1, 0.15) is 29.1 Å². The molecule has 15 heteroatoms. The normalized spacial score (nSPS) is 20.1. The van der Waals surface area contributed by atoms with Gasteiger partial charge in [-0.05, 0) is 31.5 Å². The van der Waals surface area contributed by atoms with Gasteiger partial charge >= 0.3 is 10.2 Å². The summed E-state index contributed by atoms with van der Waals surface area (Å²) in [5.74, 6) is -3.21. The molecule has 204 valence electrons. The number of rotatable bonds is 8. The molecule has 1 fully saturated rings. The lowest BCUT2D eigenvalue weighted by Gasteiger charge is -2.40. The Labute approximate surface area is 207 Å². The van der Waals surface area contributed by atoms with E-state index in [0.717, 1.165) is 6.07 Å². The number of ether oxygens (including phenoxy) is 2. The van der Waals surface area contributed by atoms with Crippen LogP contribution in [0.1, 0.15) is 54.7 Å². The standard InChI is InChI=1S/C22H23F7N4O3S/c1-12(14-4-3-5-16(8-14)37(25,26,27,28)29)30-20-19(21-35-6-7-36-21)17(31-13(2)32-20)9-18(34)33-15-10-22(23,24)11-15/h3-8,12,15,21H,9-11H2,1-2H3,(H,33,34)(H,30,31,32)/t12-/m1/s1. The number of halogens is 7. The van der Waals surface area contributed by atoms with E-state index in [1.54, 1.807) is 0 Å². The molecule has 0 saturated heterocycles. The van der Waals surface area contributed by atoms with E-state index in [4.69, 9.17) is 9.47 Å². The molecule has 1 aliphatic heterocycles. The van der Waals surface area contributed by atoms with Gasteiger partial charge in [0.05, 0.1) is 23.7 Å². The van der Waals surface area contributed by atoms with Crippen molar-refractivity contribution in [2.24, 2.45) is 0 Å². The summed E-state index contributed by atoms with van der Waals surface area (Å²) in [7, 11) is -9.90. The first-order valence-corrected chi connectivity index (χ1v) is 13.0. The van der Waals surface area contributed by atoms with E-state index in [-0.39, 0.29) is 34.9 Å². The first-order valence-electron chi connectivity index (χ1n) is 11.0. The van der Waals surface area contributed by atoms with Crippen molar-refractivity contribution in [3.05, 3.63) is 59.4 Å². The molecule has 4 rings (SSSR count). The van der Waals surface area contributed by atoms with Crippen molar-refractivity contribution in [1.29, 1.82) is 0 Å². The smallest absolute Gasteiger partial charge is 0.310 e. The maximum atomic E-state index is 13.3. The summed E-state index contributed by atoms with van der Waals surface area (Å²) < 4.78 is 104. The molecule has 37 heavy (non-hydrogen) atoms. The van der Waals surface area contributed by atoms with Gasteiger partial charge in [0.2, 0.25) is 5.91 Å². The van der Waals surface area contributed by atoms with E-state index in [9.17, 15) is 33.0 Å². The maximum Gasteiger partial charge on any atom is 0.310 e. The molecule has 2 aliphatic rings. The number of amides is 1. The van der Waals surface area contributed by atoms with Gasteiger partial charge in [0, 0.05) is 18.9 Å². The predicted molar refractivity (Wildman–Crippen MR) is 121 cm³/mol. The molecule has 0 spiro atoms. The molecule has 1 atom stereocenters. The predicted octanol–water partition coefficient (Wildman–Crippen LogP) is 6.59.